The van der Waals surface area contributed by atoms with E-state index in [-0.39, 0.29) is 18.1 Å². The van der Waals surface area contributed by atoms with E-state index in [9.17, 15) is 19.2 Å². The van der Waals surface area contributed by atoms with E-state index < -0.39 is 5.91 Å². The predicted octanol–water partition coefficient (Wildman–Crippen LogP) is 0.615. The van der Waals surface area contributed by atoms with Crippen molar-refractivity contribution in [1.82, 2.24) is 15.3 Å². The first-order valence-electron chi connectivity index (χ1n) is 7.44. The van der Waals surface area contributed by atoms with Gasteiger partial charge in [0.25, 0.3) is 5.91 Å². The molecular formula is C16H19N3O4. The Balaban J connectivity index is 2.07. The zero-order chi connectivity index (χ0) is 16.8. The Labute approximate surface area is 134 Å². The van der Waals surface area contributed by atoms with Crippen LogP contribution in [0.4, 0.5) is 0 Å². The Morgan fingerprint density at radius 3 is 2.57 bits per heavy atom. The number of nitrogens with one attached hydrogen (secondary N) is 1. The molecule has 7 nitrogen and oxygen atoms in total. The molecular weight excluding hydrogens is 298 g/mol. The average molecular weight is 317 g/mol. The molecule has 122 valence electrons. The molecule has 1 heterocycles. The van der Waals surface area contributed by atoms with Crippen molar-refractivity contribution in [2.24, 2.45) is 0 Å². The predicted molar refractivity (Wildman–Crippen MR) is 82.5 cm³/mol. The fourth-order valence-electron chi connectivity index (χ4n) is 2.47. The van der Waals surface area contributed by atoms with Gasteiger partial charge < -0.3 is 5.32 Å². The number of ketones is 1. The Bertz CT molecular complexity index is 630. The van der Waals surface area contributed by atoms with E-state index in [1.807, 2.05) is 0 Å². The number of rotatable bonds is 5. The van der Waals surface area contributed by atoms with Crippen LogP contribution >= 0.6 is 0 Å². The molecule has 0 radical (unpaired) electrons. The highest BCUT2D eigenvalue weighted by Gasteiger charge is 2.25. The summed E-state index contributed by atoms with van der Waals surface area (Å²) in [5.74, 6) is -1.08. The van der Waals surface area contributed by atoms with Crippen molar-refractivity contribution in [3.63, 3.8) is 0 Å². The standard InChI is InChI=1S/C16H19N3O4/c1-17-16(23)13-6-4-5-12(9-13)14(21)10-15(22)19-8-3-2-7-18(19)11-20/h4-6,9,11H,2-3,7-8,10H2,1H3,(H,17,23). The van der Waals surface area contributed by atoms with Gasteiger partial charge in [0.2, 0.25) is 12.3 Å². The lowest BCUT2D eigenvalue weighted by atomic mass is 10.0. The number of nitrogens with zero attached hydrogens (tertiary/aromatic N) is 2. The minimum Gasteiger partial charge on any atom is -0.355 e. The van der Waals surface area contributed by atoms with Gasteiger partial charge in [-0.3, -0.25) is 29.2 Å². The van der Waals surface area contributed by atoms with E-state index in [4.69, 9.17) is 0 Å². The maximum absolute atomic E-state index is 12.3. The van der Waals surface area contributed by atoms with Crippen LogP contribution in [0.5, 0.6) is 0 Å². The van der Waals surface area contributed by atoms with Gasteiger partial charge in [0, 0.05) is 31.3 Å². The Hall–Kier alpha value is -2.70. The summed E-state index contributed by atoms with van der Waals surface area (Å²) in [6.45, 7) is 0.915. The number of hydrogen-bond donors (Lipinski definition) is 1. The van der Waals surface area contributed by atoms with Crippen LogP contribution in [0.15, 0.2) is 24.3 Å². The van der Waals surface area contributed by atoms with Gasteiger partial charge in [0.05, 0.1) is 6.42 Å². The van der Waals surface area contributed by atoms with Gasteiger partial charge in [-0.1, -0.05) is 12.1 Å². The van der Waals surface area contributed by atoms with Gasteiger partial charge in [-0.25, -0.2) is 0 Å². The van der Waals surface area contributed by atoms with Gasteiger partial charge in [-0.2, -0.15) is 0 Å². The van der Waals surface area contributed by atoms with Crippen molar-refractivity contribution in [3.05, 3.63) is 35.4 Å². The summed E-state index contributed by atoms with van der Waals surface area (Å²) in [7, 11) is 1.50. The molecule has 0 spiro atoms. The third kappa shape index (κ3) is 3.94. The summed E-state index contributed by atoms with van der Waals surface area (Å²) in [6.07, 6.45) is 1.91. The first-order valence-corrected chi connectivity index (χ1v) is 7.44. The SMILES string of the molecule is CNC(=O)c1cccc(C(=O)CC(=O)N2CCCCN2C=O)c1. The van der Waals surface area contributed by atoms with Gasteiger partial charge in [-0.05, 0) is 25.0 Å². The number of Topliss-reactive ketones (excluding diaryl/α,β-unsaturated/α-hetero) is 1. The molecule has 1 aliphatic rings. The summed E-state index contributed by atoms with van der Waals surface area (Å²) in [6, 6.07) is 6.22. The lowest BCUT2D eigenvalue weighted by Crippen LogP contribution is -2.50. The molecule has 7 heteroatoms. The molecule has 3 amide bonds. The van der Waals surface area contributed by atoms with Crippen LogP contribution < -0.4 is 5.32 Å². The van der Waals surface area contributed by atoms with E-state index >= 15 is 0 Å². The van der Waals surface area contributed by atoms with Crippen molar-refractivity contribution in [1.29, 1.82) is 0 Å². The number of carbonyl (C=O) groups is 4. The minimum atomic E-state index is -0.410. The Kier molecular flexibility index (Phi) is 5.46. The van der Waals surface area contributed by atoms with Crippen LogP contribution in [0.25, 0.3) is 0 Å². The molecule has 1 saturated heterocycles. The van der Waals surface area contributed by atoms with Crippen molar-refractivity contribution in [2.75, 3.05) is 20.1 Å². The third-order valence-electron chi connectivity index (χ3n) is 3.71. The topological polar surface area (TPSA) is 86.8 Å². The third-order valence-corrected chi connectivity index (χ3v) is 3.71. The fourth-order valence-corrected chi connectivity index (χ4v) is 2.47. The highest BCUT2D eigenvalue weighted by molar-refractivity contribution is 6.08. The van der Waals surface area contributed by atoms with Gasteiger partial charge in [0.15, 0.2) is 5.78 Å². The van der Waals surface area contributed by atoms with Crippen molar-refractivity contribution in [3.8, 4) is 0 Å². The number of carbonyl (C=O) groups excluding carboxylic acids is 4. The summed E-state index contributed by atoms with van der Waals surface area (Å²) in [5, 5.41) is 5.10. The molecule has 1 aliphatic heterocycles. The quantitative estimate of drug-likeness (QED) is 0.490. The smallest absolute Gasteiger partial charge is 0.251 e. The molecule has 0 aliphatic carbocycles. The molecule has 1 aromatic carbocycles. The number of hydrazine groups is 1. The first kappa shape index (κ1) is 16.7. The van der Waals surface area contributed by atoms with E-state index in [1.54, 1.807) is 18.2 Å². The molecule has 23 heavy (non-hydrogen) atoms. The second kappa shape index (κ2) is 7.53. The van der Waals surface area contributed by atoms with Gasteiger partial charge >= 0.3 is 0 Å². The summed E-state index contributed by atoms with van der Waals surface area (Å²) in [5.41, 5.74) is 0.660. The monoisotopic (exact) mass is 317 g/mol. The van der Waals surface area contributed by atoms with E-state index in [0.29, 0.717) is 30.6 Å². The Morgan fingerprint density at radius 2 is 1.87 bits per heavy atom. The fraction of sp³-hybridized carbons (Fsp3) is 0.375. The average Bonchev–Trinajstić information content (AvgIpc) is 2.60. The summed E-state index contributed by atoms with van der Waals surface area (Å²) >= 11 is 0. The van der Waals surface area contributed by atoms with Crippen LogP contribution in [0.3, 0.4) is 0 Å². The van der Waals surface area contributed by atoms with Crippen molar-refractivity contribution < 1.29 is 19.2 Å². The highest BCUT2D eigenvalue weighted by atomic mass is 16.2. The molecule has 2 rings (SSSR count). The van der Waals surface area contributed by atoms with Crippen molar-refractivity contribution in [2.45, 2.75) is 19.3 Å². The summed E-state index contributed by atoms with van der Waals surface area (Å²) < 4.78 is 0. The number of benzene rings is 1. The maximum atomic E-state index is 12.3. The molecule has 1 aromatic rings. The summed E-state index contributed by atoms with van der Waals surface area (Å²) in [4.78, 5) is 47.1. The zero-order valence-corrected chi connectivity index (χ0v) is 12.9. The number of amides is 3. The highest BCUT2D eigenvalue weighted by Crippen LogP contribution is 2.13. The second-order valence-electron chi connectivity index (χ2n) is 5.25. The first-order chi connectivity index (χ1) is 11.1. The maximum Gasteiger partial charge on any atom is 0.251 e. The van der Waals surface area contributed by atoms with Crippen LogP contribution in [0, 0.1) is 0 Å². The normalized spacial score (nSPS) is 14.3. The second-order valence-corrected chi connectivity index (χ2v) is 5.25. The van der Waals surface area contributed by atoms with Crippen LogP contribution in [0.1, 0.15) is 40.0 Å². The van der Waals surface area contributed by atoms with Crippen LogP contribution in [-0.4, -0.2) is 54.2 Å². The van der Waals surface area contributed by atoms with E-state index in [0.717, 1.165) is 12.8 Å². The molecule has 0 unspecified atom stereocenters. The molecule has 1 N–H and O–H groups in total. The Morgan fingerprint density at radius 1 is 1.17 bits per heavy atom. The minimum absolute atomic E-state index is 0.297. The lowest BCUT2D eigenvalue weighted by Gasteiger charge is -2.35. The number of hydrogen-bond acceptors (Lipinski definition) is 4. The molecule has 0 aromatic heterocycles. The van der Waals surface area contributed by atoms with Crippen molar-refractivity contribution >= 4 is 24.0 Å². The lowest BCUT2D eigenvalue weighted by molar-refractivity contribution is -0.159. The van der Waals surface area contributed by atoms with E-state index in [1.165, 1.54) is 23.1 Å². The molecule has 0 bridgehead atoms. The van der Waals surface area contributed by atoms with Crippen LogP contribution in [-0.2, 0) is 9.59 Å². The zero-order valence-electron chi connectivity index (χ0n) is 12.9. The van der Waals surface area contributed by atoms with Crippen LogP contribution in [0.2, 0.25) is 0 Å². The molecule has 0 atom stereocenters. The molecule has 0 saturated carbocycles. The van der Waals surface area contributed by atoms with E-state index in [2.05, 4.69) is 5.32 Å². The van der Waals surface area contributed by atoms with Gasteiger partial charge in [0.1, 0.15) is 0 Å². The molecule has 1 fully saturated rings. The largest absolute Gasteiger partial charge is 0.355 e. The van der Waals surface area contributed by atoms with Gasteiger partial charge in [-0.15, -0.1) is 0 Å².